The van der Waals surface area contributed by atoms with Crippen LogP contribution in [-0.2, 0) is 19.1 Å². The first-order valence-corrected chi connectivity index (χ1v) is 14.6. The Balaban J connectivity index is 1.56. The van der Waals surface area contributed by atoms with Crippen molar-refractivity contribution in [2.24, 2.45) is 50.7 Å². The average Bonchev–Trinajstić information content (AvgIpc) is 3.09. The highest BCUT2D eigenvalue weighted by Gasteiger charge is 2.70. The van der Waals surface area contributed by atoms with Crippen molar-refractivity contribution < 1.29 is 19.1 Å². The van der Waals surface area contributed by atoms with Gasteiger partial charge in [-0.05, 0) is 102 Å². The first-order chi connectivity index (χ1) is 16.7. The van der Waals surface area contributed by atoms with Crippen molar-refractivity contribution in [2.75, 3.05) is 0 Å². The van der Waals surface area contributed by atoms with Crippen LogP contribution >= 0.6 is 0 Å². The molecule has 0 aromatic carbocycles. The van der Waals surface area contributed by atoms with Crippen LogP contribution in [0.3, 0.4) is 0 Å². The van der Waals surface area contributed by atoms with E-state index < -0.39 is 5.41 Å². The Morgan fingerprint density at radius 3 is 2.22 bits per heavy atom. The smallest absolute Gasteiger partial charge is 0.302 e. The fourth-order valence-corrected chi connectivity index (χ4v) is 11.2. The van der Waals surface area contributed by atoms with Crippen molar-refractivity contribution in [3.63, 3.8) is 0 Å². The summed E-state index contributed by atoms with van der Waals surface area (Å²) < 4.78 is 5.87. The number of carbonyl (C=O) groups is 3. The highest BCUT2D eigenvalue weighted by atomic mass is 16.5. The summed E-state index contributed by atoms with van der Waals surface area (Å²) in [6.07, 6.45) is 10.0. The van der Waals surface area contributed by atoms with E-state index in [9.17, 15) is 14.4 Å². The quantitative estimate of drug-likeness (QED) is 0.309. The molecule has 0 bridgehead atoms. The predicted molar refractivity (Wildman–Crippen MR) is 141 cm³/mol. The van der Waals surface area contributed by atoms with Crippen LogP contribution in [0.5, 0.6) is 0 Å². The molecule has 4 fully saturated rings. The summed E-state index contributed by atoms with van der Waals surface area (Å²) >= 11 is 0. The molecule has 0 heterocycles. The topological polar surface area (TPSA) is 60.4 Å². The Labute approximate surface area is 218 Å². The van der Waals surface area contributed by atoms with Crippen LogP contribution < -0.4 is 0 Å². The molecule has 1 unspecified atom stereocenters. The lowest BCUT2D eigenvalue weighted by Crippen LogP contribution is -2.65. The van der Waals surface area contributed by atoms with E-state index in [4.69, 9.17) is 4.74 Å². The minimum absolute atomic E-state index is 0.00416. The second kappa shape index (κ2) is 8.03. The third kappa shape index (κ3) is 3.14. The molecular formula is C32H48O4. The lowest BCUT2D eigenvalue weighted by Gasteiger charge is -2.72. The van der Waals surface area contributed by atoms with Gasteiger partial charge in [0.2, 0.25) is 0 Å². The highest BCUT2D eigenvalue weighted by molar-refractivity contribution is 6.03. The molecule has 4 saturated carbocycles. The maximum Gasteiger partial charge on any atom is 0.302 e. The Morgan fingerprint density at radius 1 is 0.917 bits per heavy atom. The molecule has 5 aliphatic rings. The molecule has 8 atom stereocenters. The van der Waals surface area contributed by atoms with Gasteiger partial charge in [0.1, 0.15) is 12.4 Å². The third-order valence-electron chi connectivity index (χ3n) is 13.0. The van der Waals surface area contributed by atoms with Gasteiger partial charge in [0.05, 0.1) is 5.41 Å². The van der Waals surface area contributed by atoms with Gasteiger partial charge in [-0.15, -0.1) is 0 Å². The summed E-state index contributed by atoms with van der Waals surface area (Å²) in [5.74, 6) is 1.69. The van der Waals surface area contributed by atoms with E-state index in [-0.39, 0.29) is 45.4 Å². The van der Waals surface area contributed by atoms with Crippen LogP contribution in [0.4, 0.5) is 0 Å². The number of hydrogen-bond donors (Lipinski definition) is 0. The summed E-state index contributed by atoms with van der Waals surface area (Å²) in [6, 6.07) is 0. The maximum atomic E-state index is 13.3. The number of allylic oxidation sites excluding steroid dienone is 2. The molecule has 5 aliphatic carbocycles. The zero-order chi connectivity index (χ0) is 26.5. The summed E-state index contributed by atoms with van der Waals surface area (Å²) in [5.41, 5.74) is 2.12. The number of ketones is 1. The summed E-state index contributed by atoms with van der Waals surface area (Å²) in [7, 11) is 0. The molecule has 36 heavy (non-hydrogen) atoms. The monoisotopic (exact) mass is 496 g/mol. The molecule has 0 aromatic rings. The summed E-state index contributed by atoms with van der Waals surface area (Å²) in [4.78, 5) is 37.7. The lowest BCUT2D eigenvalue weighted by molar-refractivity contribution is -0.232. The first-order valence-electron chi connectivity index (χ1n) is 14.6. The number of rotatable bonds is 3. The number of Topliss-reactive ketones (excluding diaryl/α,β-unsaturated/α-hetero) is 1. The lowest BCUT2D eigenvalue weighted by atomic mass is 9.33. The largest absolute Gasteiger partial charge is 0.462 e. The molecule has 0 aliphatic heterocycles. The molecule has 0 amide bonds. The fourth-order valence-electron chi connectivity index (χ4n) is 11.2. The number of hydrogen-bond acceptors (Lipinski definition) is 4. The normalized spacial score (nSPS) is 47.5. The van der Waals surface area contributed by atoms with Gasteiger partial charge in [-0.1, -0.05) is 48.5 Å². The number of carbonyl (C=O) groups excluding carboxylic acids is 3. The van der Waals surface area contributed by atoms with Gasteiger partial charge in [-0.3, -0.25) is 9.59 Å². The Kier molecular flexibility index (Phi) is 5.83. The van der Waals surface area contributed by atoms with E-state index in [1.807, 2.05) is 0 Å². The molecule has 0 aromatic heterocycles. The molecule has 0 N–H and O–H groups in total. The van der Waals surface area contributed by atoms with Gasteiger partial charge in [0.15, 0.2) is 5.78 Å². The number of aldehydes is 1. The first kappa shape index (κ1) is 26.2. The number of fused-ring (bicyclic) bond motifs is 7. The van der Waals surface area contributed by atoms with Crippen molar-refractivity contribution in [3.8, 4) is 0 Å². The predicted octanol–water partition coefficient (Wildman–Crippen LogP) is 7.10. The van der Waals surface area contributed by atoms with Crippen molar-refractivity contribution in [1.82, 2.24) is 0 Å². The van der Waals surface area contributed by atoms with E-state index in [0.717, 1.165) is 56.8 Å². The molecular weight excluding hydrogens is 448 g/mol. The van der Waals surface area contributed by atoms with Crippen molar-refractivity contribution in [2.45, 2.75) is 119 Å². The van der Waals surface area contributed by atoms with Gasteiger partial charge >= 0.3 is 5.97 Å². The number of esters is 1. The maximum absolute atomic E-state index is 13.3. The van der Waals surface area contributed by atoms with Crippen LogP contribution in [0.15, 0.2) is 11.1 Å². The second-order valence-corrected chi connectivity index (χ2v) is 14.9. The molecule has 4 nitrogen and oxygen atoms in total. The standard InChI is InChI=1S/C32H48O4/c1-19(2)26-22(35)17-32(18-33)16-15-30(7)21(27(26)32)9-10-24-29(6)13-12-25(36-20(3)34)28(4,5)23(29)11-14-31(24,30)8/h18-19,21,23-25H,9-17H2,1-8H3/t21-,23+,24?,25+,29+,30-,31-,32+/m1/s1. The minimum atomic E-state index is -0.546. The van der Waals surface area contributed by atoms with E-state index in [1.165, 1.54) is 12.0 Å². The zero-order valence-corrected chi connectivity index (χ0v) is 24.0. The van der Waals surface area contributed by atoms with Gasteiger partial charge in [-0.2, -0.15) is 0 Å². The van der Waals surface area contributed by atoms with Crippen LogP contribution in [-0.4, -0.2) is 24.1 Å². The van der Waals surface area contributed by atoms with Gasteiger partial charge in [0, 0.05) is 18.8 Å². The highest BCUT2D eigenvalue weighted by Crippen LogP contribution is 2.76. The molecule has 4 heteroatoms. The summed E-state index contributed by atoms with van der Waals surface area (Å²) in [5, 5.41) is 0. The van der Waals surface area contributed by atoms with Gasteiger partial charge in [-0.25, -0.2) is 0 Å². The van der Waals surface area contributed by atoms with Crippen molar-refractivity contribution in [1.29, 1.82) is 0 Å². The van der Waals surface area contributed by atoms with Crippen molar-refractivity contribution >= 4 is 18.0 Å². The zero-order valence-electron chi connectivity index (χ0n) is 24.0. The molecule has 200 valence electrons. The van der Waals surface area contributed by atoms with E-state index in [1.54, 1.807) is 6.92 Å². The SMILES string of the molecule is CC(=O)O[C@H]1CC[C@]2(C)C3CC[C@@H]4C5=C(C(C)C)C(=O)C[C@]5(C=O)CC[C@@]4(C)[C@]3(C)CC[C@H]2C1(C)C. The fraction of sp³-hybridized carbons (Fsp3) is 0.844. The number of ether oxygens (including phenoxy) is 1. The van der Waals surface area contributed by atoms with Crippen molar-refractivity contribution in [3.05, 3.63) is 11.1 Å². The van der Waals surface area contributed by atoms with E-state index in [0.29, 0.717) is 24.2 Å². The van der Waals surface area contributed by atoms with Gasteiger partial charge < -0.3 is 9.53 Å². The minimum Gasteiger partial charge on any atom is -0.462 e. The van der Waals surface area contributed by atoms with Crippen LogP contribution in [0.1, 0.15) is 113 Å². The molecule has 0 radical (unpaired) electrons. The van der Waals surface area contributed by atoms with E-state index >= 15 is 0 Å². The van der Waals surface area contributed by atoms with Crippen LogP contribution in [0.2, 0.25) is 0 Å². The molecule has 0 spiro atoms. The Morgan fingerprint density at radius 2 is 1.61 bits per heavy atom. The molecule has 5 rings (SSSR count). The van der Waals surface area contributed by atoms with Crippen LogP contribution in [0, 0.1) is 50.7 Å². The average molecular weight is 497 g/mol. The second-order valence-electron chi connectivity index (χ2n) is 14.9. The third-order valence-corrected chi connectivity index (χ3v) is 13.0. The van der Waals surface area contributed by atoms with Crippen LogP contribution in [0.25, 0.3) is 0 Å². The molecule has 0 saturated heterocycles. The van der Waals surface area contributed by atoms with E-state index in [2.05, 4.69) is 48.5 Å². The van der Waals surface area contributed by atoms with Gasteiger partial charge in [0.25, 0.3) is 0 Å². The summed E-state index contributed by atoms with van der Waals surface area (Å²) in [6.45, 7) is 18.1. The Bertz CT molecular complexity index is 1020. The Hall–Kier alpha value is -1.45.